The van der Waals surface area contributed by atoms with Crippen LogP contribution in [0.4, 0.5) is 10.5 Å². The molecule has 0 saturated heterocycles. The second-order valence-corrected chi connectivity index (χ2v) is 5.78. The lowest BCUT2D eigenvalue weighted by molar-refractivity contribution is -0.384. The number of amides is 1. The van der Waals surface area contributed by atoms with Crippen LogP contribution in [0, 0.1) is 10.1 Å². The molecule has 1 aromatic rings. The molecule has 0 radical (unpaired) electrons. The van der Waals surface area contributed by atoms with Crippen LogP contribution in [-0.4, -0.2) is 29.8 Å². The molecule has 0 aliphatic carbocycles. The lowest BCUT2D eigenvalue weighted by Crippen LogP contribution is -2.32. The molecule has 23 heavy (non-hydrogen) atoms. The molecule has 0 aliphatic heterocycles. The van der Waals surface area contributed by atoms with Gasteiger partial charge in [-0.1, -0.05) is 0 Å². The summed E-state index contributed by atoms with van der Waals surface area (Å²) in [7, 11) is 0. The number of carbonyl (C=O) groups excluding carboxylic acids is 1. The van der Waals surface area contributed by atoms with Crippen molar-refractivity contribution in [1.82, 2.24) is 5.48 Å². The van der Waals surface area contributed by atoms with E-state index in [-0.39, 0.29) is 5.69 Å². The van der Waals surface area contributed by atoms with Gasteiger partial charge in [-0.2, -0.15) is 5.48 Å². The van der Waals surface area contributed by atoms with Gasteiger partial charge in [0.05, 0.1) is 18.1 Å². The van der Waals surface area contributed by atoms with E-state index in [9.17, 15) is 14.9 Å². The van der Waals surface area contributed by atoms with Gasteiger partial charge in [-0.25, -0.2) is 4.79 Å². The summed E-state index contributed by atoms with van der Waals surface area (Å²) in [4.78, 5) is 26.3. The summed E-state index contributed by atoms with van der Waals surface area (Å²) in [5.74, 6) is 0. The van der Waals surface area contributed by atoms with E-state index in [1.54, 1.807) is 32.9 Å². The highest BCUT2D eigenvalue weighted by Crippen LogP contribution is 2.12. The Morgan fingerprint density at radius 3 is 2.43 bits per heavy atom. The van der Waals surface area contributed by atoms with Gasteiger partial charge < -0.3 is 9.47 Å². The van der Waals surface area contributed by atoms with Gasteiger partial charge in [-0.15, -0.1) is 0 Å². The van der Waals surface area contributed by atoms with E-state index in [2.05, 4.69) is 5.48 Å². The first kappa shape index (κ1) is 18.9. The van der Waals surface area contributed by atoms with Gasteiger partial charge in [0.1, 0.15) is 5.60 Å². The molecule has 0 fully saturated rings. The Labute approximate surface area is 134 Å². The van der Waals surface area contributed by atoms with Gasteiger partial charge in [0.15, 0.2) is 0 Å². The molecule has 1 aromatic carbocycles. The van der Waals surface area contributed by atoms with Crippen LogP contribution in [0.1, 0.15) is 32.8 Å². The summed E-state index contributed by atoms with van der Waals surface area (Å²) in [5, 5.41) is 10.5. The van der Waals surface area contributed by atoms with Crippen LogP contribution in [0.25, 0.3) is 0 Å². The molecule has 1 amide bonds. The maximum atomic E-state index is 11.3. The summed E-state index contributed by atoms with van der Waals surface area (Å²) in [6.45, 7) is 6.37. The molecule has 0 aliphatic rings. The van der Waals surface area contributed by atoms with Crippen molar-refractivity contribution >= 4 is 11.8 Å². The number of non-ortho nitro benzene ring substituents is 1. The van der Waals surface area contributed by atoms with Crippen LogP contribution in [0.3, 0.4) is 0 Å². The Balaban J connectivity index is 2.07. The van der Waals surface area contributed by atoms with Crippen molar-refractivity contribution in [1.29, 1.82) is 0 Å². The second kappa shape index (κ2) is 9.06. The molecule has 0 spiro atoms. The molecule has 8 heteroatoms. The van der Waals surface area contributed by atoms with Gasteiger partial charge in [-0.3, -0.25) is 15.0 Å². The van der Waals surface area contributed by atoms with E-state index in [4.69, 9.17) is 14.3 Å². The average Bonchev–Trinajstić information content (AvgIpc) is 2.45. The number of rotatable bonds is 8. The predicted octanol–water partition coefficient (Wildman–Crippen LogP) is 2.96. The minimum atomic E-state index is -0.635. The van der Waals surface area contributed by atoms with Gasteiger partial charge in [0.25, 0.3) is 5.69 Å². The zero-order chi connectivity index (χ0) is 17.3. The standard InChI is InChI=1S/C15H22N2O6/c1-15(2,3)23-14(18)16-22-10-4-9-21-11-12-5-7-13(8-6-12)17(19)20/h5-8H,4,9-11H2,1-3H3,(H,16,18). The number of nitrogens with zero attached hydrogens (tertiary/aromatic N) is 1. The number of nitro groups is 1. The van der Waals surface area contributed by atoms with E-state index in [0.29, 0.717) is 26.2 Å². The zero-order valence-electron chi connectivity index (χ0n) is 13.5. The Hall–Kier alpha value is -2.19. The lowest BCUT2D eigenvalue weighted by Gasteiger charge is -2.19. The molecule has 8 nitrogen and oxygen atoms in total. The van der Waals surface area contributed by atoms with Gasteiger partial charge in [0, 0.05) is 18.7 Å². The summed E-state index contributed by atoms with van der Waals surface area (Å²) < 4.78 is 10.4. The van der Waals surface area contributed by atoms with Crippen molar-refractivity contribution in [2.24, 2.45) is 0 Å². The van der Waals surface area contributed by atoms with Crippen LogP contribution in [0.15, 0.2) is 24.3 Å². The molecule has 1 rings (SSSR count). The third-order valence-electron chi connectivity index (χ3n) is 2.51. The number of nitro benzene ring substituents is 1. The van der Waals surface area contributed by atoms with Gasteiger partial charge in [0.2, 0.25) is 0 Å². The van der Waals surface area contributed by atoms with Crippen LogP contribution in [0.5, 0.6) is 0 Å². The van der Waals surface area contributed by atoms with Gasteiger partial charge in [-0.05, 0) is 44.9 Å². The van der Waals surface area contributed by atoms with Crippen molar-refractivity contribution in [3.8, 4) is 0 Å². The number of benzene rings is 1. The minimum Gasteiger partial charge on any atom is -0.442 e. The fraction of sp³-hybridized carbons (Fsp3) is 0.533. The topological polar surface area (TPSA) is 99.9 Å². The molecule has 0 aromatic heterocycles. The fourth-order valence-electron chi connectivity index (χ4n) is 1.55. The van der Waals surface area contributed by atoms with Crippen molar-refractivity contribution in [2.45, 2.75) is 39.4 Å². The number of nitrogens with one attached hydrogen (secondary N) is 1. The number of carbonyl (C=O) groups is 1. The Bertz CT molecular complexity index is 510. The molecule has 0 saturated carbocycles. The van der Waals surface area contributed by atoms with E-state index in [1.807, 2.05) is 0 Å². The highest BCUT2D eigenvalue weighted by molar-refractivity contribution is 5.66. The molecular weight excluding hydrogens is 304 g/mol. The normalized spacial score (nSPS) is 11.1. The summed E-state index contributed by atoms with van der Waals surface area (Å²) in [6.07, 6.45) is -0.0488. The minimum absolute atomic E-state index is 0.0513. The van der Waals surface area contributed by atoms with Gasteiger partial charge >= 0.3 is 6.09 Å². The van der Waals surface area contributed by atoms with Crippen molar-refractivity contribution in [3.05, 3.63) is 39.9 Å². The third kappa shape index (κ3) is 8.74. The molecule has 0 heterocycles. The highest BCUT2D eigenvalue weighted by atomic mass is 16.7. The smallest absolute Gasteiger partial charge is 0.431 e. The highest BCUT2D eigenvalue weighted by Gasteiger charge is 2.15. The van der Waals surface area contributed by atoms with Crippen LogP contribution >= 0.6 is 0 Å². The fourth-order valence-corrected chi connectivity index (χ4v) is 1.55. The summed E-state index contributed by atoms with van der Waals surface area (Å²) in [6, 6.07) is 6.18. The first-order valence-electron chi connectivity index (χ1n) is 7.20. The third-order valence-corrected chi connectivity index (χ3v) is 2.51. The van der Waals surface area contributed by atoms with E-state index in [0.717, 1.165) is 5.56 Å². The molecule has 128 valence electrons. The molecule has 0 atom stereocenters. The maximum absolute atomic E-state index is 11.3. The lowest BCUT2D eigenvalue weighted by atomic mass is 10.2. The Morgan fingerprint density at radius 2 is 1.87 bits per heavy atom. The maximum Gasteiger partial charge on any atom is 0.431 e. The van der Waals surface area contributed by atoms with Crippen LogP contribution in [0.2, 0.25) is 0 Å². The van der Waals surface area contributed by atoms with Crippen LogP contribution in [-0.2, 0) is 20.9 Å². The summed E-state index contributed by atoms with van der Waals surface area (Å²) >= 11 is 0. The van der Waals surface area contributed by atoms with Crippen molar-refractivity contribution < 1.29 is 24.0 Å². The van der Waals surface area contributed by atoms with E-state index in [1.165, 1.54) is 12.1 Å². The number of hydrogen-bond acceptors (Lipinski definition) is 6. The molecule has 0 bridgehead atoms. The first-order valence-corrected chi connectivity index (χ1v) is 7.20. The van der Waals surface area contributed by atoms with Crippen molar-refractivity contribution in [3.63, 3.8) is 0 Å². The van der Waals surface area contributed by atoms with E-state index < -0.39 is 16.6 Å². The summed E-state index contributed by atoms with van der Waals surface area (Å²) in [5.41, 5.74) is 2.52. The molecule has 1 N–H and O–H groups in total. The SMILES string of the molecule is CC(C)(C)OC(=O)NOCCCOCc1ccc([N+](=O)[O-])cc1. The first-order chi connectivity index (χ1) is 10.8. The quantitative estimate of drug-likeness (QED) is 0.448. The van der Waals surface area contributed by atoms with E-state index >= 15 is 0 Å². The number of ether oxygens (including phenoxy) is 2. The van der Waals surface area contributed by atoms with Crippen molar-refractivity contribution in [2.75, 3.05) is 13.2 Å². The molecular formula is C15H22N2O6. The predicted molar refractivity (Wildman–Crippen MR) is 82.7 cm³/mol. The van der Waals surface area contributed by atoms with Crippen LogP contribution < -0.4 is 5.48 Å². The second-order valence-electron chi connectivity index (χ2n) is 5.78. The largest absolute Gasteiger partial charge is 0.442 e. The number of hydroxylamine groups is 1. The Kier molecular flexibility index (Phi) is 7.43. The Morgan fingerprint density at radius 1 is 1.22 bits per heavy atom. The molecule has 0 unspecified atom stereocenters. The average molecular weight is 326 g/mol. The monoisotopic (exact) mass is 326 g/mol. The number of hydrogen-bond donors (Lipinski definition) is 1. The zero-order valence-corrected chi connectivity index (χ0v) is 13.5.